The van der Waals surface area contributed by atoms with E-state index >= 15 is 0 Å². The van der Waals surface area contributed by atoms with Crippen molar-refractivity contribution in [3.63, 3.8) is 0 Å². The van der Waals surface area contributed by atoms with E-state index in [0.29, 0.717) is 0 Å². The Morgan fingerprint density at radius 2 is 1.53 bits per heavy atom. The molecule has 0 bridgehead atoms. The summed E-state index contributed by atoms with van der Waals surface area (Å²) >= 11 is 0. The summed E-state index contributed by atoms with van der Waals surface area (Å²) in [5.74, 6) is 0. The molecule has 0 N–H and O–H groups in total. The van der Waals surface area contributed by atoms with Crippen molar-refractivity contribution in [2.75, 3.05) is 0 Å². The van der Waals surface area contributed by atoms with Gasteiger partial charge in [-0.05, 0) is 35.4 Å². The van der Waals surface area contributed by atoms with E-state index in [1.54, 1.807) is 0 Å². The lowest BCUT2D eigenvalue weighted by Crippen LogP contribution is -1.89. The standard InChI is InChI=1S/C18H15N/c1-12-11-13-7-3-4-8-14(13)17-15-9-5-6-10-16(15)19(2)18(12)17/h3-11H,1-2H3. The van der Waals surface area contributed by atoms with Gasteiger partial charge in [-0.15, -0.1) is 0 Å². The number of hydrogen-bond acceptors (Lipinski definition) is 0. The Hall–Kier alpha value is -2.28. The molecule has 0 aliphatic carbocycles. The molecule has 92 valence electrons. The van der Waals surface area contributed by atoms with Crippen LogP contribution >= 0.6 is 0 Å². The Morgan fingerprint density at radius 1 is 0.842 bits per heavy atom. The van der Waals surface area contributed by atoms with E-state index in [4.69, 9.17) is 0 Å². The molecule has 0 amide bonds. The van der Waals surface area contributed by atoms with Gasteiger partial charge in [0.05, 0.1) is 5.52 Å². The maximum atomic E-state index is 2.31. The van der Waals surface area contributed by atoms with Crippen molar-refractivity contribution in [2.24, 2.45) is 7.05 Å². The van der Waals surface area contributed by atoms with Crippen molar-refractivity contribution in [2.45, 2.75) is 6.92 Å². The number of hydrogen-bond donors (Lipinski definition) is 0. The Bertz CT molecular complexity index is 929. The number of aromatic nitrogens is 1. The van der Waals surface area contributed by atoms with Gasteiger partial charge in [0.15, 0.2) is 0 Å². The van der Waals surface area contributed by atoms with E-state index in [1.807, 2.05) is 0 Å². The van der Waals surface area contributed by atoms with Crippen LogP contribution in [0.15, 0.2) is 54.6 Å². The summed E-state index contributed by atoms with van der Waals surface area (Å²) in [6, 6.07) is 19.6. The highest BCUT2D eigenvalue weighted by atomic mass is 14.9. The third kappa shape index (κ3) is 1.30. The minimum atomic E-state index is 1.30. The van der Waals surface area contributed by atoms with Crippen molar-refractivity contribution in [1.29, 1.82) is 0 Å². The fourth-order valence-corrected chi connectivity index (χ4v) is 3.28. The third-order valence-electron chi connectivity index (χ3n) is 4.08. The van der Waals surface area contributed by atoms with Gasteiger partial charge in [0, 0.05) is 23.3 Å². The van der Waals surface area contributed by atoms with Crippen LogP contribution in [0.2, 0.25) is 0 Å². The van der Waals surface area contributed by atoms with Crippen LogP contribution in [-0.4, -0.2) is 4.57 Å². The molecule has 1 aromatic heterocycles. The highest BCUT2D eigenvalue weighted by molar-refractivity contribution is 6.21. The van der Waals surface area contributed by atoms with Crippen molar-refractivity contribution in [3.8, 4) is 0 Å². The lowest BCUT2D eigenvalue weighted by molar-refractivity contribution is 1.01. The number of aryl methyl sites for hydroxylation is 2. The summed E-state index contributed by atoms with van der Waals surface area (Å²) in [5.41, 5.74) is 3.99. The van der Waals surface area contributed by atoms with Crippen molar-refractivity contribution in [1.82, 2.24) is 4.57 Å². The molecule has 4 rings (SSSR count). The zero-order chi connectivity index (χ0) is 13.0. The Labute approximate surface area is 112 Å². The van der Waals surface area contributed by atoms with Crippen molar-refractivity contribution < 1.29 is 0 Å². The Morgan fingerprint density at radius 3 is 2.37 bits per heavy atom. The topological polar surface area (TPSA) is 4.93 Å². The molecule has 0 atom stereocenters. The highest BCUT2D eigenvalue weighted by Gasteiger charge is 2.12. The predicted molar refractivity (Wildman–Crippen MR) is 82.7 cm³/mol. The second-order valence-corrected chi connectivity index (χ2v) is 5.21. The zero-order valence-corrected chi connectivity index (χ0v) is 11.1. The van der Waals surface area contributed by atoms with Gasteiger partial charge in [0.25, 0.3) is 0 Å². The first-order valence-electron chi connectivity index (χ1n) is 6.63. The fraction of sp³-hybridized carbons (Fsp3) is 0.111. The SMILES string of the molecule is Cc1cc2ccccc2c2c3ccccc3n(C)c12. The quantitative estimate of drug-likeness (QED) is 0.419. The summed E-state index contributed by atoms with van der Waals surface area (Å²) in [5, 5.41) is 5.40. The number of rotatable bonds is 0. The average molecular weight is 245 g/mol. The first-order chi connectivity index (χ1) is 9.27. The summed E-state index contributed by atoms with van der Waals surface area (Å²) in [7, 11) is 2.16. The van der Waals surface area contributed by atoms with Gasteiger partial charge in [-0.1, -0.05) is 42.5 Å². The monoisotopic (exact) mass is 245 g/mol. The molecule has 0 fully saturated rings. The summed E-state index contributed by atoms with van der Waals surface area (Å²) in [4.78, 5) is 0. The van der Waals surface area contributed by atoms with E-state index in [1.165, 1.54) is 38.1 Å². The van der Waals surface area contributed by atoms with Crippen LogP contribution < -0.4 is 0 Å². The van der Waals surface area contributed by atoms with Crippen LogP contribution in [0.1, 0.15) is 5.56 Å². The first kappa shape index (κ1) is 10.6. The second-order valence-electron chi connectivity index (χ2n) is 5.21. The molecule has 1 nitrogen and oxygen atoms in total. The molecular formula is C18H15N. The van der Waals surface area contributed by atoms with Gasteiger partial charge >= 0.3 is 0 Å². The van der Waals surface area contributed by atoms with Crippen LogP contribution in [0.5, 0.6) is 0 Å². The number of nitrogens with zero attached hydrogens (tertiary/aromatic N) is 1. The Kier molecular flexibility index (Phi) is 2.02. The molecule has 0 saturated carbocycles. The molecule has 0 spiro atoms. The van der Waals surface area contributed by atoms with Crippen LogP contribution in [0, 0.1) is 6.92 Å². The van der Waals surface area contributed by atoms with Gasteiger partial charge in [-0.2, -0.15) is 0 Å². The Balaban J connectivity index is 2.44. The van der Waals surface area contributed by atoms with Crippen LogP contribution in [0.4, 0.5) is 0 Å². The van der Waals surface area contributed by atoms with Gasteiger partial charge in [-0.3, -0.25) is 0 Å². The van der Waals surface area contributed by atoms with E-state index < -0.39 is 0 Å². The largest absolute Gasteiger partial charge is 0.343 e. The van der Waals surface area contributed by atoms with Crippen LogP contribution in [-0.2, 0) is 7.05 Å². The highest BCUT2D eigenvalue weighted by Crippen LogP contribution is 2.35. The normalized spacial score (nSPS) is 11.7. The van der Waals surface area contributed by atoms with E-state index in [0.717, 1.165) is 0 Å². The number of benzene rings is 3. The lowest BCUT2D eigenvalue weighted by Gasteiger charge is -2.05. The predicted octanol–water partition coefficient (Wildman–Crippen LogP) is 4.79. The maximum absolute atomic E-state index is 2.31. The molecule has 1 heteroatoms. The summed E-state index contributed by atoms with van der Waals surface area (Å²) in [6.07, 6.45) is 0. The molecule has 0 unspecified atom stereocenters. The molecule has 0 aliphatic rings. The molecular weight excluding hydrogens is 230 g/mol. The van der Waals surface area contributed by atoms with E-state index in [9.17, 15) is 0 Å². The van der Waals surface area contributed by atoms with Crippen molar-refractivity contribution >= 4 is 32.6 Å². The van der Waals surface area contributed by atoms with Crippen LogP contribution in [0.25, 0.3) is 32.6 Å². The van der Waals surface area contributed by atoms with Crippen LogP contribution in [0.3, 0.4) is 0 Å². The molecule has 4 aromatic rings. The molecule has 3 aromatic carbocycles. The minimum absolute atomic E-state index is 1.30. The van der Waals surface area contributed by atoms with E-state index in [2.05, 4.69) is 73.1 Å². The number of para-hydroxylation sites is 1. The third-order valence-corrected chi connectivity index (χ3v) is 4.08. The van der Waals surface area contributed by atoms with Gasteiger partial charge < -0.3 is 4.57 Å². The average Bonchev–Trinajstić information content (AvgIpc) is 2.74. The van der Waals surface area contributed by atoms with Gasteiger partial charge in [-0.25, -0.2) is 0 Å². The summed E-state index contributed by atoms with van der Waals surface area (Å²) < 4.78 is 2.31. The molecule has 0 radical (unpaired) electrons. The smallest absolute Gasteiger partial charge is 0.0524 e. The minimum Gasteiger partial charge on any atom is -0.343 e. The molecule has 19 heavy (non-hydrogen) atoms. The summed E-state index contributed by atoms with van der Waals surface area (Å²) in [6.45, 7) is 2.20. The second kappa shape index (κ2) is 3.61. The van der Waals surface area contributed by atoms with Gasteiger partial charge in [0.1, 0.15) is 0 Å². The lowest BCUT2D eigenvalue weighted by atomic mass is 10.0. The molecule has 0 aliphatic heterocycles. The maximum Gasteiger partial charge on any atom is 0.0524 e. The fourth-order valence-electron chi connectivity index (χ4n) is 3.28. The van der Waals surface area contributed by atoms with Crippen molar-refractivity contribution in [3.05, 3.63) is 60.2 Å². The zero-order valence-electron chi connectivity index (χ0n) is 11.1. The van der Waals surface area contributed by atoms with Gasteiger partial charge in [0.2, 0.25) is 0 Å². The molecule has 0 saturated heterocycles. The first-order valence-corrected chi connectivity index (χ1v) is 6.63. The number of fused-ring (bicyclic) bond motifs is 5. The van der Waals surface area contributed by atoms with E-state index in [-0.39, 0.29) is 0 Å². The molecule has 1 heterocycles.